The Kier molecular flexibility index (Phi) is 3.38. The molecule has 0 N–H and O–H groups in total. The Morgan fingerprint density at radius 3 is 2.45 bits per heavy atom. The third kappa shape index (κ3) is 2.38. The van der Waals surface area contributed by atoms with Gasteiger partial charge in [0, 0.05) is 5.56 Å². The first-order valence-electron chi connectivity index (χ1n) is 6.71. The van der Waals surface area contributed by atoms with Crippen molar-refractivity contribution in [3.63, 3.8) is 0 Å². The van der Waals surface area contributed by atoms with Gasteiger partial charge in [-0.3, -0.25) is 0 Å². The van der Waals surface area contributed by atoms with E-state index in [4.69, 9.17) is 4.42 Å². The average molecular weight is 330 g/mol. The van der Waals surface area contributed by atoms with Crippen LogP contribution in [0.1, 0.15) is 30.9 Å². The van der Waals surface area contributed by atoms with Crippen LogP contribution in [-0.4, -0.2) is 4.98 Å². The van der Waals surface area contributed by atoms with E-state index < -0.39 is 0 Å². The van der Waals surface area contributed by atoms with Gasteiger partial charge in [0.25, 0.3) is 0 Å². The van der Waals surface area contributed by atoms with Crippen molar-refractivity contribution in [1.82, 2.24) is 4.98 Å². The molecule has 0 saturated heterocycles. The third-order valence-electron chi connectivity index (χ3n) is 3.41. The minimum Gasteiger partial charge on any atom is -0.435 e. The second-order valence-electron chi connectivity index (χ2n) is 5.39. The summed E-state index contributed by atoms with van der Waals surface area (Å²) in [4.78, 5) is 4.58. The maximum absolute atomic E-state index is 5.88. The number of fused-ring (bicyclic) bond motifs is 1. The molecule has 20 heavy (non-hydrogen) atoms. The lowest BCUT2D eigenvalue weighted by atomic mass is 10.0. The molecule has 0 aliphatic rings. The summed E-state index contributed by atoms with van der Waals surface area (Å²) in [5.74, 6) is 1.20. The molecule has 3 heteroatoms. The Labute approximate surface area is 127 Å². The molecule has 1 aromatic heterocycles. The first-order chi connectivity index (χ1) is 9.54. The van der Waals surface area contributed by atoms with Gasteiger partial charge in [-0.15, -0.1) is 0 Å². The normalized spacial score (nSPS) is 11.4. The number of nitrogens with zero attached hydrogens (tertiary/aromatic N) is 1. The van der Waals surface area contributed by atoms with Crippen LogP contribution >= 0.6 is 15.9 Å². The van der Waals surface area contributed by atoms with Gasteiger partial charge in [-0.05, 0) is 64.2 Å². The predicted octanol–water partition coefficient (Wildman–Crippen LogP) is 5.69. The zero-order valence-corrected chi connectivity index (χ0v) is 13.4. The number of aryl methyl sites for hydroxylation is 1. The molecule has 0 fully saturated rings. The lowest BCUT2D eigenvalue weighted by Gasteiger charge is -2.04. The Morgan fingerprint density at radius 1 is 1.10 bits per heavy atom. The Balaban J connectivity index is 2.08. The predicted molar refractivity (Wildman–Crippen MR) is 86.0 cm³/mol. The van der Waals surface area contributed by atoms with Crippen molar-refractivity contribution in [2.24, 2.45) is 0 Å². The monoisotopic (exact) mass is 329 g/mol. The number of hydrogen-bond donors (Lipinski definition) is 0. The molecule has 3 rings (SSSR count). The van der Waals surface area contributed by atoms with Gasteiger partial charge in [-0.1, -0.05) is 26.0 Å². The van der Waals surface area contributed by atoms with E-state index >= 15 is 0 Å². The fraction of sp³-hybridized carbons (Fsp3) is 0.235. The second kappa shape index (κ2) is 5.06. The van der Waals surface area contributed by atoms with Crippen molar-refractivity contribution in [2.45, 2.75) is 26.7 Å². The van der Waals surface area contributed by atoms with Crippen molar-refractivity contribution in [1.29, 1.82) is 0 Å². The fourth-order valence-electron chi connectivity index (χ4n) is 2.26. The molecule has 1 heterocycles. The molecule has 0 amide bonds. The maximum Gasteiger partial charge on any atom is 0.227 e. The first kappa shape index (κ1) is 13.4. The van der Waals surface area contributed by atoms with E-state index in [-0.39, 0.29) is 0 Å². The highest BCUT2D eigenvalue weighted by molar-refractivity contribution is 9.10. The number of oxazole rings is 1. The van der Waals surface area contributed by atoms with Crippen molar-refractivity contribution < 1.29 is 4.42 Å². The molecular formula is C17H16BrNO. The lowest BCUT2D eigenvalue weighted by molar-refractivity contribution is 0.618. The largest absolute Gasteiger partial charge is 0.435 e. The highest BCUT2D eigenvalue weighted by Gasteiger charge is 2.11. The molecule has 2 nitrogen and oxygen atoms in total. The third-order valence-corrected chi connectivity index (χ3v) is 4.00. The van der Waals surface area contributed by atoms with Gasteiger partial charge < -0.3 is 4.42 Å². The summed E-state index contributed by atoms with van der Waals surface area (Å²) in [5, 5.41) is 0. The molecule has 0 atom stereocenters. The zero-order valence-electron chi connectivity index (χ0n) is 11.8. The smallest absolute Gasteiger partial charge is 0.227 e. The Bertz CT molecular complexity index is 757. The summed E-state index contributed by atoms with van der Waals surface area (Å²) in [6, 6.07) is 12.5. The van der Waals surface area contributed by atoms with Crippen LogP contribution in [-0.2, 0) is 0 Å². The number of hydrogen-bond acceptors (Lipinski definition) is 2. The SMILES string of the molecule is Cc1cc(Br)c2oc(-c3ccc(C(C)C)cc3)nc2c1. The lowest BCUT2D eigenvalue weighted by Crippen LogP contribution is -1.86. The molecule has 2 aromatic carbocycles. The van der Waals surface area contributed by atoms with Crippen LogP contribution < -0.4 is 0 Å². The van der Waals surface area contributed by atoms with Crippen LogP contribution in [0.3, 0.4) is 0 Å². The summed E-state index contributed by atoms with van der Waals surface area (Å²) in [6.07, 6.45) is 0. The quantitative estimate of drug-likeness (QED) is 0.603. The van der Waals surface area contributed by atoms with Gasteiger partial charge in [-0.2, -0.15) is 0 Å². The second-order valence-corrected chi connectivity index (χ2v) is 6.25. The van der Waals surface area contributed by atoms with Crippen LogP contribution in [0.2, 0.25) is 0 Å². The minimum atomic E-state index is 0.532. The van der Waals surface area contributed by atoms with Gasteiger partial charge in [-0.25, -0.2) is 4.98 Å². The van der Waals surface area contributed by atoms with Crippen LogP contribution in [0, 0.1) is 6.92 Å². The fourth-order valence-corrected chi connectivity index (χ4v) is 2.90. The molecule has 0 aliphatic heterocycles. The molecule has 102 valence electrons. The molecule has 3 aromatic rings. The van der Waals surface area contributed by atoms with Crippen LogP contribution in [0.15, 0.2) is 45.3 Å². The van der Waals surface area contributed by atoms with Gasteiger partial charge in [0.05, 0.1) is 4.47 Å². The van der Waals surface area contributed by atoms with Crippen LogP contribution in [0.4, 0.5) is 0 Å². The molecule has 0 bridgehead atoms. The summed E-state index contributed by atoms with van der Waals surface area (Å²) >= 11 is 3.53. The minimum absolute atomic E-state index is 0.532. The number of benzene rings is 2. The van der Waals surface area contributed by atoms with E-state index in [1.165, 1.54) is 11.1 Å². The molecule has 0 radical (unpaired) electrons. The van der Waals surface area contributed by atoms with Gasteiger partial charge in [0.2, 0.25) is 5.89 Å². The Morgan fingerprint density at radius 2 is 1.80 bits per heavy atom. The topological polar surface area (TPSA) is 26.0 Å². The summed E-state index contributed by atoms with van der Waals surface area (Å²) < 4.78 is 6.83. The summed E-state index contributed by atoms with van der Waals surface area (Å²) in [6.45, 7) is 6.43. The molecule has 0 saturated carbocycles. The van der Waals surface area contributed by atoms with E-state index in [1.807, 2.05) is 12.1 Å². The standard InChI is InChI=1S/C17H16BrNO/c1-10(2)12-4-6-13(7-5-12)17-19-15-9-11(3)8-14(18)16(15)20-17/h4-10H,1-3H3. The number of aromatic nitrogens is 1. The van der Waals surface area contributed by atoms with Crippen molar-refractivity contribution >= 4 is 27.0 Å². The van der Waals surface area contributed by atoms with Crippen molar-refractivity contribution in [3.05, 3.63) is 52.0 Å². The molecule has 0 aliphatic carbocycles. The Hall–Kier alpha value is -1.61. The van der Waals surface area contributed by atoms with E-state index in [0.717, 1.165) is 21.1 Å². The van der Waals surface area contributed by atoms with E-state index in [1.54, 1.807) is 0 Å². The highest BCUT2D eigenvalue weighted by Crippen LogP contribution is 2.31. The van der Waals surface area contributed by atoms with Crippen LogP contribution in [0.5, 0.6) is 0 Å². The zero-order chi connectivity index (χ0) is 14.3. The van der Waals surface area contributed by atoms with Crippen molar-refractivity contribution in [2.75, 3.05) is 0 Å². The van der Waals surface area contributed by atoms with E-state index in [0.29, 0.717) is 11.8 Å². The molecule has 0 spiro atoms. The van der Waals surface area contributed by atoms with E-state index in [9.17, 15) is 0 Å². The van der Waals surface area contributed by atoms with Crippen LogP contribution in [0.25, 0.3) is 22.6 Å². The number of rotatable bonds is 2. The molecular weight excluding hydrogens is 314 g/mol. The maximum atomic E-state index is 5.88. The van der Waals surface area contributed by atoms with Gasteiger partial charge in [0.1, 0.15) is 5.52 Å². The highest BCUT2D eigenvalue weighted by atomic mass is 79.9. The first-order valence-corrected chi connectivity index (χ1v) is 7.51. The van der Waals surface area contributed by atoms with Crippen molar-refractivity contribution in [3.8, 4) is 11.5 Å². The molecule has 0 unspecified atom stereocenters. The summed E-state index contributed by atoms with van der Waals surface area (Å²) in [5.41, 5.74) is 5.19. The average Bonchev–Trinajstić information content (AvgIpc) is 2.83. The summed E-state index contributed by atoms with van der Waals surface area (Å²) in [7, 11) is 0. The van der Waals surface area contributed by atoms with Gasteiger partial charge >= 0.3 is 0 Å². The number of halogens is 1. The van der Waals surface area contributed by atoms with Gasteiger partial charge in [0.15, 0.2) is 5.58 Å². The van der Waals surface area contributed by atoms with E-state index in [2.05, 4.69) is 66.0 Å².